The number of halogens is 4. The summed E-state index contributed by atoms with van der Waals surface area (Å²) < 4.78 is 57.9. The number of para-hydroxylation sites is 1. The molecule has 0 saturated carbocycles. The minimum absolute atomic E-state index is 0.282. The van der Waals surface area contributed by atoms with E-state index in [-0.39, 0.29) is 13.2 Å². The van der Waals surface area contributed by atoms with Crippen molar-refractivity contribution in [2.24, 2.45) is 0 Å². The van der Waals surface area contributed by atoms with Crippen LogP contribution in [0.15, 0.2) is 42.5 Å². The number of alkyl halides is 4. The number of aromatic amines is 1. The van der Waals surface area contributed by atoms with Crippen LogP contribution in [-0.4, -0.2) is 60.5 Å². The van der Waals surface area contributed by atoms with Crippen molar-refractivity contribution < 1.29 is 22.3 Å². The number of ether oxygens (including phenoxy) is 1. The van der Waals surface area contributed by atoms with Gasteiger partial charge in [-0.25, -0.2) is 4.98 Å². The fraction of sp³-hybridized carbons (Fsp3) is 0.435. The Morgan fingerprint density at radius 1 is 1.12 bits per heavy atom. The van der Waals surface area contributed by atoms with Gasteiger partial charge in [0.05, 0.1) is 25.0 Å². The van der Waals surface area contributed by atoms with Gasteiger partial charge in [-0.1, -0.05) is 24.3 Å². The summed E-state index contributed by atoms with van der Waals surface area (Å²) in [5.74, 6) is 0.352. The van der Waals surface area contributed by atoms with Gasteiger partial charge in [-0.2, -0.15) is 13.2 Å². The Balaban J connectivity index is 1.60. The summed E-state index contributed by atoms with van der Waals surface area (Å²) in [7, 11) is 0. The first-order valence-electron chi connectivity index (χ1n) is 10.7. The van der Waals surface area contributed by atoms with Crippen molar-refractivity contribution in [1.29, 1.82) is 0 Å². The summed E-state index contributed by atoms with van der Waals surface area (Å²) >= 11 is 0. The predicted octanol–water partition coefficient (Wildman–Crippen LogP) is 4.40. The van der Waals surface area contributed by atoms with Crippen molar-refractivity contribution in [2.75, 3.05) is 39.5 Å². The lowest BCUT2D eigenvalue weighted by Crippen LogP contribution is -2.42. The number of rotatable bonds is 9. The fourth-order valence-electron chi connectivity index (χ4n) is 4.23. The molecule has 1 unspecified atom stereocenters. The molecule has 5 nitrogen and oxygen atoms in total. The average molecular weight is 450 g/mol. The molecule has 0 spiro atoms. The van der Waals surface area contributed by atoms with E-state index in [0.29, 0.717) is 44.1 Å². The summed E-state index contributed by atoms with van der Waals surface area (Å²) in [4.78, 5) is 9.30. The summed E-state index contributed by atoms with van der Waals surface area (Å²) in [5, 5.41) is 4.10. The van der Waals surface area contributed by atoms with E-state index < -0.39 is 18.8 Å². The molecule has 172 valence electrons. The van der Waals surface area contributed by atoms with E-state index in [1.807, 2.05) is 24.3 Å². The SMILES string of the molecule is FCCCNCCOc1cccc(C2c3[nH]c4ccccc4c3CCN2CC(F)(F)F)n1. The number of fused-ring (bicyclic) bond motifs is 3. The monoisotopic (exact) mass is 450 g/mol. The number of nitrogens with one attached hydrogen (secondary N) is 2. The standard InChI is InChI=1S/C23H26F4N4O/c24-10-4-11-28-12-14-32-20-8-3-7-19(29-20)22-21-17(9-13-31(22)15-23(25,26)27)16-5-1-2-6-18(16)30-21/h1-3,5-8,22,28,30H,4,9-15H2. The van der Waals surface area contributed by atoms with Gasteiger partial charge < -0.3 is 15.0 Å². The maximum Gasteiger partial charge on any atom is 0.401 e. The lowest BCUT2D eigenvalue weighted by molar-refractivity contribution is -0.150. The number of hydrogen-bond acceptors (Lipinski definition) is 4. The van der Waals surface area contributed by atoms with Gasteiger partial charge in [0, 0.05) is 35.8 Å². The van der Waals surface area contributed by atoms with Crippen molar-refractivity contribution in [3.05, 3.63) is 59.4 Å². The molecule has 1 aliphatic heterocycles. The first kappa shape index (κ1) is 22.5. The number of benzene rings is 1. The fourth-order valence-corrected chi connectivity index (χ4v) is 4.23. The predicted molar refractivity (Wildman–Crippen MR) is 115 cm³/mol. The molecule has 2 aromatic heterocycles. The van der Waals surface area contributed by atoms with Gasteiger partial charge in [-0.15, -0.1) is 0 Å². The van der Waals surface area contributed by atoms with E-state index in [1.165, 1.54) is 4.90 Å². The Bertz CT molecular complexity index is 1040. The van der Waals surface area contributed by atoms with Crippen molar-refractivity contribution in [3.8, 4) is 5.88 Å². The van der Waals surface area contributed by atoms with E-state index in [1.54, 1.807) is 18.2 Å². The van der Waals surface area contributed by atoms with Crippen molar-refractivity contribution in [1.82, 2.24) is 20.2 Å². The summed E-state index contributed by atoms with van der Waals surface area (Å²) in [6.45, 7) is 0.314. The van der Waals surface area contributed by atoms with E-state index in [0.717, 1.165) is 22.2 Å². The lowest BCUT2D eigenvalue weighted by atomic mass is 9.95. The molecule has 0 aliphatic carbocycles. The Hall–Kier alpha value is -2.65. The van der Waals surface area contributed by atoms with Crippen molar-refractivity contribution in [2.45, 2.75) is 25.1 Å². The van der Waals surface area contributed by atoms with Gasteiger partial charge in [0.25, 0.3) is 0 Å². The largest absolute Gasteiger partial charge is 0.476 e. The van der Waals surface area contributed by atoms with Crippen LogP contribution >= 0.6 is 0 Å². The van der Waals surface area contributed by atoms with E-state index in [9.17, 15) is 17.6 Å². The van der Waals surface area contributed by atoms with Crippen LogP contribution in [0.25, 0.3) is 10.9 Å². The minimum atomic E-state index is -4.32. The van der Waals surface area contributed by atoms with Crippen LogP contribution in [0.3, 0.4) is 0 Å². The number of nitrogens with zero attached hydrogens (tertiary/aromatic N) is 2. The average Bonchev–Trinajstić information content (AvgIpc) is 3.13. The highest BCUT2D eigenvalue weighted by Gasteiger charge is 2.39. The number of hydrogen-bond donors (Lipinski definition) is 2. The van der Waals surface area contributed by atoms with Crippen LogP contribution in [0.2, 0.25) is 0 Å². The molecule has 2 N–H and O–H groups in total. The van der Waals surface area contributed by atoms with E-state index >= 15 is 0 Å². The Labute approximate surface area is 183 Å². The number of aromatic nitrogens is 2. The summed E-state index contributed by atoms with van der Waals surface area (Å²) in [6.07, 6.45) is -3.34. The third-order valence-electron chi connectivity index (χ3n) is 5.56. The number of H-pyrrole nitrogens is 1. The molecule has 0 bridgehead atoms. The topological polar surface area (TPSA) is 53.2 Å². The zero-order chi connectivity index (χ0) is 22.6. The van der Waals surface area contributed by atoms with Crippen LogP contribution in [0.1, 0.15) is 29.4 Å². The third-order valence-corrected chi connectivity index (χ3v) is 5.56. The van der Waals surface area contributed by atoms with Crippen LogP contribution in [0.5, 0.6) is 5.88 Å². The molecule has 4 rings (SSSR count). The van der Waals surface area contributed by atoms with Gasteiger partial charge >= 0.3 is 6.18 Å². The normalized spacial score (nSPS) is 16.9. The highest BCUT2D eigenvalue weighted by Crippen LogP contribution is 2.39. The lowest BCUT2D eigenvalue weighted by Gasteiger charge is -2.35. The minimum Gasteiger partial charge on any atom is -0.476 e. The zero-order valence-electron chi connectivity index (χ0n) is 17.6. The smallest absolute Gasteiger partial charge is 0.401 e. The van der Waals surface area contributed by atoms with Crippen molar-refractivity contribution in [3.63, 3.8) is 0 Å². The summed E-state index contributed by atoms with van der Waals surface area (Å²) in [6, 6.07) is 12.3. The molecule has 3 aromatic rings. The molecule has 1 aromatic carbocycles. The first-order valence-corrected chi connectivity index (χ1v) is 10.7. The third kappa shape index (κ3) is 5.21. The molecule has 9 heteroatoms. The Kier molecular flexibility index (Phi) is 6.95. The molecule has 1 aliphatic rings. The maximum absolute atomic E-state index is 13.4. The molecule has 3 heterocycles. The van der Waals surface area contributed by atoms with Crippen LogP contribution in [0.4, 0.5) is 17.6 Å². The second-order valence-electron chi connectivity index (χ2n) is 7.84. The van der Waals surface area contributed by atoms with Crippen LogP contribution in [0, 0.1) is 0 Å². The van der Waals surface area contributed by atoms with Gasteiger partial charge in [0.15, 0.2) is 0 Å². The van der Waals surface area contributed by atoms with E-state index in [2.05, 4.69) is 15.3 Å². The zero-order valence-corrected chi connectivity index (χ0v) is 17.6. The second-order valence-corrected chi connectivity index (χ2v) is 7.84. The molecule has 0 fully saturated rings. The molecule has 1 atom stereocenters. The Morgan fingerprint density at radius 2 is 1.97 bits per heavy atom. The van der Waals surface area contributed by atoms with E-state index in [4.69, 9.17) is 4.74 Å². The van der Waals surface area contributed by atoms with Gasteiger partial charge in [0.2, 0.25) is 5.88 Å². The van der Waals surface area contributed by atoms with Gasteiger partial charge in [-0.3, -0.25) is 9.29 Å². The maximum atomic E-state index is 13.4. The summed E-state index contributed by atoms with van der Waals surface area (Å²) in [5.41, 5.74) is 3.20. The first-order chi connectivity index (χ1) is 15.5. The molecular formula is C23H26F4N4O. The molecule has 0 amide bonds. The van der Waals surface area contributed by atoms with Gasteiger partial charge in [-0.05, 0) is 37.1 Å². The molecular weight excluding hydrogens is 424 g/mol. The van der Waals surface area contributed by atoms with Crippen LogP contribution < -0.4 is 10.1 Å². The highest BCUT2D eigenvalue weighted by molar-refractivity contribution is 5.85. The number of pyridine rings is 1. The highest BCUT2D eigenvalue weighted by atomic mass is 19.4. The van der Waals surface area contributed by atoms with Gasteiger partial charge in [0.1, 0.15) is 6.61 Å². The quantitative estimate of drug-likeness (QED) is 0.375. The molecule has 0 radical (unpaired) electrons. The van der Waals surface area contributed by atoms with Crippen molar-refractivity contribution >= 4 is 10.9 Å². The van der Waals surface area contributed by atoms with Crippen LogP contribution in [-0.2, 0) is 6.42 Å². The Morgan fingerprint density at radius 3 is 2.78 bits per heavy atom. The second kappa shape index (κ2) is 9.87. The molecule has 0 saturated heterocycles. The molecule has 32 heavy (non-hydrogen) atoms.